The van der Waals surface area contributed by atoms with E-state index in [1.807, 2.05) is 0 Å². The number of hydrogen-bond acceptors (Lipinski definition) is 3. The third-order valence-corrected chi connectivity index (χ3v) is 3.46. The fourth-order valence-corrected chi connectivity index (χ4v) is 2.33. The van der Waals surface area contributed by atoms with Gasteiger partial charge in [0.15, 0.2) is 5.82 Å². The summed E-state index contributed by atoms with van der Waals surface area (Å²) in [4.78, 5) is 6.24. The van der Waals surface area contributed by atoms with Crippen molar-refractivity contribution in [2.75, 3.05) is 26.2 Å². The Morgan fingerprint density at radius 3 is 2.83 bits per heavy atom. The van der Waals surface area contributed by atoms with E-state index in [2.05, 4.69) is 9.88 Å². The number of hydrogen-bond donors (Lipinski definition) is 0. The predicted octanol–water partition coefficient (Wildman–Crippen LogP) is 2.82. The van der Waals surface area contributed by atoms with Gasteiger partial charge >= 0.3 is 0 Å². The van der Waals surface area contributed by atoms with Crippen LogP contribution >= 0.6 is 11.6 Å². The molecule has 1 aromatic heterocycles. The van der Waals surface area contributed by atoms with Crippen LogP contribution in [0.15, 0.2) is 12.3 Å². The predicted molar refractivity (Wildman–Crippen MR) is 69.5 cm³/mol. The smallest absolute Gasteiger partial charge is 0.250 e. The Bertz CT molecular complexity index is 383. The highest BCUT2D eigenvalue weighted by Crippen LogP contribution is 2.18. The number of aromatic nitrogens is 1. The highest BCUT2D eigenvalue weighted by atomic mass is 35.5. The zero-order valence-corrected chi connectivity index (χ0v) is 11.1. The van der Waals surface area contributed by atoms with Crippen LogP contribution in [0.4, 0.5) is 4.39 Å². The number of pyridine rings is 1. The molecule has 1 aliphatic rings. The van der Waals surface area contributed by atoms with Gasteiger partial charge in [-0.2, -0.15) is 0 Å². The monoisotopic (exact) mass is 272 g/mol. The average molecular weight is 273 g/mol. The van der Waals surface area contributed by atoms with Crippen molar-refractivity contribution in [2.45, 2.75) is 25.1 Å². The summed E-state index contributed by atoms with van der Waals surface area (Å²) in [6.45, 7) is 3.52. The Hall–Kier alpha value is -0.870. The summed E-state index contributed by atoms with van der Waals surface area (Å²) in [5.74, 6) is -0.243. The van der Waals surface area contributed by atoms with Gasteiger partial charge < -0.3 is 4.74 Å². The van der Waals surface area contributed by atoms with Crippen LogP contribution in [0.5, 0.6) is 5.88 Å². The van der Waals surface area contributed by atoms with Gasteiger partial charge in [-0.15, -0.1) is 11.6 Å². The van der Waals surface area contributed by atoms with Crippen LogP contribution in [0, 0.1) is 5.82 Å². The molecule has 2 heterocycles. The van der Waals surface area contributed by atoms with Crippen molar-refractivity contribution in [1.82, 2.24) is 9.88 Å². The largest absolute Gasteiger partial charge is 0.474 e. The first-order chi connectivity index (χ1) is 8.81. The van der Waals surface area contributed by atoms with Gasteiger partial charge in [0.25, 0.3) is 5.88 Å². The zero-order chi connectivity index (χ0) is 12.8. The number of ether oxygens (including phenoxy) is 1. The molecule has 5 heteroatoms. The van der Waals surface area contributed by atoms with Gasteiger partial charge in [0.2, 0.25) is 0 Å². The molecule has 0 spiro atoms. The molecule has 0 bridgehead atoms. The molecule has 1 saturated heterocycles. The lowest BCUT2D eigenvalue weighted by Gasteiger charge is -2.26. The SMILES string of the molecule is Fc1c(CCl)ccnc1OCCN1CCCCC1. The quantitative estimate of drug-likeness (QED) is 0.771. The molecule has 0 saturated carbocycles. The molecule has 0 radical (unpaired) electrons. The number of likely N-dealkylation sites (tertiary alicyclic amines) is 1. The molecule has 3 nitrogen and oxygen atoms in total. The van der Waals surface area contributed by atoms with Gasteiger partial charge in [-0.25, -0.2) is 9.37 Å². The number of rotatable bonds is 5. The topological polar surface area (TPSA) is 25.4 Å². The molecule has 0 N–H and O–H groups in total. The van der Waals surface area contributed by atoms with Gasteiger partial charge in [-0.05, 0) is 32.0 Å². The molecule has 18 heavy (non-hydrogen) atoms. The first-order valence-electron chi connectivity index (χ1n) is 6.36. The molecule has 0 aromatic carbocycles. The lowest BCUT2D eigenvalue weighted by atomic mass is 10.1. The van der Waals surface area contributed by atoms with E-state index in [4.69, 9.17) is 16.3 Å². The number of halogens is 2. The second kappa shape index (κ2) is 6.90. The molecule has 1 fully saturated rings. The molecular formula is C13H18ClFN2O. The summed E-state index contributed by atoms with van der Waals surface area (Å²) in [5, 5.41) is 0. The van der Waals surface area contributed by atoms with E-state index in [0.717, 1.165) is 19.6 Å². The Morgan fingerprint density at radius 2 is 2.11 bits per heavy atom. The highest BCUT2D eigenvalue weighted by molar-refractivity contribution is 6.17. The molecular weight excluding hydrogens is 255 g/mol. The van der Waals surface area contributed by atoms with E-state index in [-0.39, 0.29) is 11.8 Å². The van der Waals surface area contributed by atoms with E-state index >= 15 is 0 Å². The lowest BCUT2D eigenvalue weighted by molar-refractivity contribution is 0.177. The summed E-state index contributed by atoms with van der Waals surface area (Å²) in [6, 6.07) is 1.57. The van der Waals surface area contributed by atoms with Crippen LogP contribution in [0.3, 0.4) is 0 Å². The number of alkyl halides is 1. The minimum Gasteiger partial charge on any atom is -0.474 e. The maximum atomic E-state index is 13.8. The molecule has 0 aliphatic carbocycles. The molecule has 2 rings (SSSR count). The molecule has 0 amide bonds. The van der Waals surface area contributed by atoms with E-state index in [9.17, 15) is 4.39 Å². The Labute approximate surface area is 112 Å². The van der Waals surface area contributed by atoms with E-state index in [1.165, 1.54) is 25.5 Å². The van der Waals surface area contributed by atoms with Crippen LogP contribution in [-0.2, 0) is 5.88 Å². The van der Waals surface area contributed by atoms with Gasteiger partial charge in [-0.3, -0.25) is 4.90 Å². The van der Waals surface area contributed by atoms with Crippen LogP contribution in [-0.4, -0.2) is 36.1 Å². The van der Waals surface area contributed by atoms with Crippen molar-refractivity contribution in [3.63, 3.8) is 0 Å². The van der Waals surface area contributed by atoms with E-state index in [1.54, 1.807) is 6.07 Å². The Kier molecular flexibility index (Phi) is 5.20. The molecule has 1 aromatic rings. The summed E-state index contributed by atoms with van der Waals surface area (Å²) >= 11 is 5.63. The normalized spacial score (nSPS) is 16.8. The van der Waals surface area contributed by atoms with Crippen molar-refractivity contribution in [3.05, 3.63) is 23.6 Å². The van der Waals surface area contributed by atoms with E-state index < -0.39 is 5.82 Å². The second-order valence-electron chi connectivity index (χ2n) is 4.47. The van der Waals surface area contributed by atoms with Crippen LogP contribution in [0.2, 0.25) is 0 Å². The van der Waals surface area contributed by atoms with Crippen LogP contribution < -0.4 is 4.74 Å². The number of nitrogens with zero attached hydrogens (tertiary/aromatic N) is 2. The fraction of sp³-hybridized carbons (Fsp3) is 0.615. The van der Waals surface area contributed by atoms with Gasteiger partial charge in [0.05, 0.1) is 5.88 Å². The Morgan fingerprint density at radius 1 is 1.33 bits per heavy atom. The summed E-state index contributed by atoms with van der Waals surface area (Å²) in [5.41, 5.74) is 0.430. The summed E-state index contributed by atoms with van der Waals surface area (Å²) < 4.78 is 19.1. The number of piperidine rings is 1. The van der Waals surface area contributed by atoms with Crippen molar-refractivity contribution in [2.24, 2.45) is 0 Å². The first kappa shape index (κ1) is 13.6. The van der Waals surface area contributed by atoms with Crippen molar-refractivity contribution >= 4 is 11.6 Å². The first-order valence-corrected chi connectivity index (χ1v) is 6.89. The third-order valence-electron chi connectivity index (χ3n) is 3.18. The maximum absolute atomic E-state index is 13.8. The van der Waals surface area contributed by atoms with Gasteiger partial charge in [-0.1, -0.05) is 6.42 Å². The van der Waals surface area contributed by atoms with Crippen molar-refractivity contribution < 1.29 is 9.13 Å². The van der Waals surface area contributed by atoms with Gasteiger partial charge in [0.1, 0.15) is 6.61 Å². The van der Waals surface area contributed by atoms with Crippen molar-refractivity contribution in [3.8, 4) is 5.88 Å². The standard InChI is InChI=1S/C13H18ClFN2O/c14-10-11-4-5-16-13(12(11)15)18-9-8-17-6-2-1-3-7-17/h4-5H,1-3,6-10H2. The van der Waals surface area contributed by atoms with Crippen molar-refractivity contribution in [1.29, 1.82) is 0 Å². The minimum absolute atomic E-state index is 0.0603. The fourth-order valence-electron chi connectivity index (χ4n) is 2.12. The second-order valence-corrected chi connectivity index (χ2v) is 4.74. The maximum Gasteiger partial charge on any atom is 0.250 e. The van der Waals surface area contributed by atoms with E-state index in [0.29, 0.717) is 12.2 Å². The van der Waals surface area contributed by atoms with Crippen LogP contribution in [0.25, 0.3) is 0 Å². The molecule has 100 valence electrons. The summed E-state index contributed by atoms with van der Waals surface area (Å²) in [7, 11) is 0. The lowest BCUT2D eigenvalue weighted by Crippen LogP contribution is -2.33. The third kappa shape index (κ3) is 3.56. The zero-order valence-electron chi connectivity index (χ0n) is 10.4. The molecule has 0 unspecified atom stereocenters. The molecule has 1 aliphatic heterocycles. The minimum atomic E-state index is -0.439. The molecule has 0 atom stereocenters. The van der Waals surface area contributed by atoms with Crippen LogP contribution in [0.1, 0.15) is 24.8 Å². The average Bonchev–Trinajstić information content (AvgIpc) is 2.42. The summed E-state index contributed by atoms with van der Waals surface area (Å²) in [6.07, 6.45) is 5.32. The van der Waals surface area contributed by atoms with Gasteiger partial charge in [0, 0.05) is 18.3 Å². The Balaban J connectivity index is 1.82. The highest BCUT2D eigenvalue weighted by Gasteiger charge is 2.12.